The van der Waals surface area contributed by atoms with Crippen molar-refractivity contribution in [3.05, 3.63) is 27.6 Å². The lowest BCUT2D eigenvalue weighted by Gasteiger charge is -2.13. The summed E-state index contributed by atoms with van der Waals surface area (Å²) in [5.74, 6) is 2.80. The predicted octanol–water partition coefficient (Wildman–Crippen LogP) is 3.42. The van der Waals surface area contributed by atoms with E-state index in [1.165, 1.54) is 7.05 Å². The van der Waals surface area contributed by atoms with Crippen molar-refractivity contribution in [1.29, 1.82) is 0 Å². The zero-order valence-corrected chi connectivity index (χ0v) is 14.2. The first kappa shape index (κ1) is 17.3. The van der Waals surface area contributed by atoms with Crippen LogP contribution >= 0.6 is 23.4 Å². The maximum absolute atomic E-state index is 11.9. The number of ether oxygens (including phenoxy) is 2. The first-order valence-electron chi connectivity index (χ1n) is 6.72. The molecule has 1 heterocycles. The van der Waals surface area contributed by atoms with Gasteiger partial charge in [0.25, 0.3) is 11.1 Å². The van der Waals surface area contributed by atoms with Gasteiger partial charge in [0.05, 0.1) is 16.5 Å². The van der Waals surface area contributed by atoms with E-state index in [4.69, 9.17) is 27.5 Å². The number of rotatable bonds is 5. The number of thioether (sulfide) groups is 1. The number of amides is 2. The minimum atomic E-state index is -0.346. The Morgan fingerprint density at radius 1 is 1.39 bits per heavy atom. The third-order valence-electron chi connectivity index (χ3n) is 2.92. The summed E-state index contributed by atoms with van der Waals surface area (Å²) >= 11 is 7.09. The van der Waals surface area contributed by atoms with Crippen molar-refractivity contribution in [3.8, 4) is 23.8 Å². The topological polar surface area (TPSA) is 55.8 Å². The highest BCUT2D eigenvalue weighted by Gasteiger charge is 2.31. The summed E-state index contributed by atoms with van der Waals surface area (Å²) in [7, 11) is 1.44. The lowest BCUT2D eigenvalue weighted by Crippen LogP contribution is -2.22. The van der Waals surface area contributed by atoms with Gasteiger partial charge in [0.1, 0.15) is 6.61 Å². The summed E-state index contributed by atoms with van der Waals surface area (Å²) in [6, 6.07) is 3.31. The third kappa shape index (κ3) is 3.81. The number of halogens is 1. The number of imide groups is 1. The Morgan fingerprint density at radius 2 is 2.13 bits per heavy atom. The molecule has 2 rings (SSSR count). The van der Waals surface area contributed by atoms with Crippen molar-refractivity contribution in [3.63, 3.8) is 0 Å². The molecule has 0 aromatic heterocycles. The Labute approximate surface area is 143 Å². The highest BCUT2D eigenvalue weighted by Crippen LogP contribution is 2.38. The normalized spacial score (nSPS) is 15.9. The van der Waals surface area contributed by atoms with Crippen LogP contribution in [0.25, 0.3) is 6.08 Å². The maximum Gasteiger partial charge on any atom is 0.293 e. The highest BCUT2D eigenvalue weighted by atomic mass is 35.5. The number of hydrogen-bond acceptors (Lipinski definition) is 5. The minimum absolute atomic E-state index is 0.0634. The highest BCUT2D eigenvalue weighted by molar-refractivity contribution is 8.18. The van der Waals surface area contributed by atoms with Gasteiger partial charge >= 0.3 is 0 Å². The molecular formula is C16H14ClNO4S. The van der Waals surface area contributed by atoms with E-state index in [0.29, 0.717) is 33.6 Å². The molecule has 1 aliphatic rings. The van der Waals surface area contributed by atoms with Gasteiger partial charge in [0, 0.05) is 7.05 Å². The van der Waals surface area contributed by atoms with E-state index < -0.39 is 0 Å². The maximum atomic E-state index is 11.9. The molecular weight excluding hydrogens is 338 g/mol. The van der Waals surface area contributed by atoms with Gasteiger partial charge < -0.3 is 9.47 Å². The van der Waals surface area contributed by atoms with Crippen LogP contribution in [0, 0.1) is 12.3 Å². The lowest BCUT2D eigenvalue weighted by atomic mass is 10.1. The molecule has 0 unspecified atom stereocenters. The number of terminal acetylenes is 1. The summed E-state index contributed by atoms with van der Waals surface area (Å²) in [6.07, 6.45) is 6.78. The number of nitrogens with zero attached hydrogens (tertiary/aromatic N) is 1. The summed E-state index contributed by atoms with van der Waals surface area (Å²) in [4.78, 5) is 24.8. The molecule has 2 amide bonds. The van der Waals surface area contributed by atoms with Crippen LogP contribution in [0.3, 0.4) is 0 Å². The molecule has 7 heteroatoms. The molecule has 5 nitrogen and oxygen atoms in total. The van der Waals surface area contributed by atoms with Crippen LogP contribution < -0.4 is 9.47 Å². The molecule has 23 heavy (non-hydrogen) atoms. The second-order valence-corrected chi connectivity index (χ2v) is 5.90. The van der Waals surface area contributed by atoms with Crippen LogP contribution in [0.5, 0.6) is 11.5 Å². The van der Waals surface area contributed by atoms with Crippen molar-refractivity contribution < 1.29 is 19.1 Å². The fourth-order valence-corrected chi connectivity index (χ4v) is 2.99. The van der Waals surface area contributed by atoms with Crippen molar-refractivity contribution >= 4 is 40.6 Å². The van der Waals surface area contributed by atoms with Crippen molar-refractivity contribution in [2.75, 3.05) is 20.3 Å². The summed E-state index contributed by atoms with van der Waals surface area (Å²) in [5, 5.41) is -0.000436. The summed E-state index contributed by atoms with van der Waals surface area (Å²) in [6.45, 7) is 2.31. The van der Waals surface area contributed by atoms with E-state index in [0.717, 1.165) is 16.7 Å². The number of likely N-dealkylation sites (N-methyl/N-ethyl adjacent to an activating group) is 1. The van der Waals surface area contributed by atoms with Crippen LogP contribution in [0.1, 0.15) is 12.5 Å². The number of carbonyl (C=O) groups is 2. The first-order valence-corrected chi connectivity index (χ1v) is 7.91. The standard InChI is InChI=1S/C16H14ClNO4S/c1-4-6-22-14-11(17)7-10(8-12(14)21-5-2)9-13-15(19)18(3)16(20)23-13/h1,7-9H,5-6H2,2-3H3/b13-9-. The van der Waals surface area contributed by atoms with Gasteiger partial charge in [0.2, 0.25) is 0 Å². The lowest BCUT2D eigenvalue weighted by molar-refractivity contribution is -0.121. The first-order chi connectivity index (χ1) is 11.0. The smallest absolute Gasteiger partial charge is 0.293 e. The molecule has 0 atom stereocenters. The number of benzene rings is 1. The Morgan fingerprint density at radius 3 is 2.70 bits per heavy atom. The molecule has 0 aliphatic carbocycles. The zero-order valence-electron chi connectivity index (χ0n) is 12.6. The van der Waals surface area contributed by atoms with Gasteiger partial charge in [-0.15, -0.1) is 6.42 Å². The molecule has 0 bridgehead atoms. The van der Waals surface area contributed by atoms with Crippen LogP contribution in [0.2, 0.25) is 5.02 Å². The molecule has 120 valence electrons. The average molecular weight is 352 g/mol. The molecule has 1 saturated heterocycles. The molecule has 0 radical (unpaired) electrons. The van der Waals surface area contributed by atoms with Crippen LogP contribution in [-0.2, 0) is 4.79 Å². The zero-order chi connectivity index (χ0) is 17.0. The molecule has 0 N–H and O–H groups in total. The Kier molecular flexibility index (Phi) is 5.59. The summed E-state index contributed by atoms with van der Waals surface area (Å²) < 4.78 is 10.9. The Hall–Kier alpha value is -2.10. The quantitative estimate of drug-likeness (QED) is 0.601. The van der Waals surface area contributed by atoms with E-state index in [1.54, 1.807) is 18.2 Å². The van der Waals surface area contributed by atoms with Crippen molar-refractivity contribution in [2.24, 2.45) is 0 Å². The van der Waals surface area contributed by atoms with Gasteiger partial charge in [-0.05, 0) is 42.5 Å². The Balaban J connectivity index is 2.39. The second-order valence-electron chi connectivity index (χ2n) is 4.50. The van der Waals surface area contributed by atoms with Crippen LogP contribution in [0.15, 0.2) is 17.0 Å². The van der Waals surface area contributed by atoms with Gasteiger partial charge in [-0.1, -0.05) is 17.5 Å². The van der Waals surface area contributed by atoms with Gasteiger partial charge in [-0.2, -0.15) is 0 Å². The monoisotopic (exact) mass is 351 g/mol. The fourth-order valence-electron chi connectivity index (χ4n) is 1.89. The molecule has 1 aromatic rings. The van der Waals surface area contributed by atoms with Crippen LogP contribution in [-0.4, -0.2) is 36.3 Å². The summed E-state index contributed by atoms with van der Waals surface area (Å²) in [5.41, 5.74) is 0.630. The van der Waals surface area contributed by atoms with Crippen molar-refractivity contribution in [2.45, 2.75) is 6.92 Å². The van der Waals surface area contributed by atoms with Gasteiger partial charge in [-0.25, -0.2) is 0 Å². The van der Waals surface area contributed by atoms with Gasteiger partial charge in [-0.3, -0.25) is 14.5 Å². The fraction of sp³-hybridized carbons (Fsp3) is 0.250. The van der Waals surface area contributed by atoms with E-state index in [2.05, 4.69) is 5.92 Å². The average Bonchev–Trinajstić information content (AvgIpc) is 2.74. The van der Waals surface area contributed by atoms with E-state index >= 15 is 0 Å². The van der Waals surface area contributed by atoms with E-state index in [9.17, 15) is 9.59 Å². The molecule has 1 aromatic carbocycles. The molecule has 1 aliphatic heterocycles. The van der Waals surface area contributed by atoms with Crippen molar-refractivity contribution in [1.82, 2.24) is 4.90 Å². The number of carbonyl (C=O) groups excluding carboxylic acids is 2. The predicted molar refractivity (Wildman–Crippen MR) is 90.7 cm³/mol. The minimum Gasteiger partial charge on any atom is -0.490 e. The van der Waals surface area contributed by atoms with Crippen LogP contribution in [0.4, 0.5) is 4.79 Å². The van der Waals surface area contributed by atoms with Gasteiger partial charge in [0.15, 0.2) is 11.5 Å². The largest absolute Gasteiger partial charge is 0.490 e. The third-order valence-corrected chi connectivity index (χ3v) is 4.16. The number of hydrogen-bond donors (Lipinski definition) is 0. The van der Waals surface area contributed by atoms with E-state index in [1.807, 2.05) is 6.92 Å². The molecule has 1 fully saturated rings. The second kappa shape index (κ2) is 7.44. The Bertz CT molecular complexity index is 724. The SMILES string of the molecule is C#CCOc1c(Cl)cc(/C=C2\SC(=O)N(C)C2=O)cc1OCC. The molecule has 0 spiro atoms. The van der Waals surface area contributed by atoms with E-state index in [-0.39, 0.29) is 17.8 Å². The molecule has 0 saturated carbocycles.